The van der Waals surface area contributed by atoms with Crippen LogP contribution in [0.2, 0.25) is 0 Å². The van der Waals surface area contributed by atoms with E-state index < -0.39 is 9.84 Å². The average molecular weight is 435 g/mol. The van der Waals surface area contributed by atoms with Gasteiger partial charge in [0, 0.05) is 17.3 Å². The second-order valence-electron chi connectivity index (χ2n) is 7.14. The summed E-state index contributed by atoms with van der Waals surface area (Å²) in [6, 6.07) is 21.3. The fourth-order valence-electron chi connectivity index (χ4n) is 3.16. The van der Waals surface area contributed by atoms with E-state index in [2.05, 4.69) is 10.3 Å². The van der Waals surface area contributed by atoms with E-state index in [1.807, 2.05) is 38.1 Å². The van der Waals surface area contributed by atoms with Gasteiger partial charge in [0.2, 0.25) is 26.6 Å². The molecule has 0 saturated heterocycles. The molecule has 0 aliphatic rings. The highest BCUT2D eigenvalue weighted by molar-refractivity contribution is 7.91. The van der Waals surface area contributed by atoms with Crippen molar-refractivity contribution in [3.8, 4) is 17.2 Å². The number of anilines is 2. The van der Waals surface area contributed by atoms with Crippen LogP contribution in [-0.4, -0.2) is 20.5 Å². The van der Waals surface area contributed by atoms with Gasteiger partial charge in [0.15, 0.2) is 0 Å². The van der Waals surface area contributed by atoms with Crippen molar-refractivity contribution < 1.29 is 17.6 Å². The number of nitrogens with zero attached hydrogens (tertiary/aromatic N) is 1. The topological polar surface area (TPSA) is 81.4 Å². The highest BCUT2D eigenvalue weighted by Gasteiger charge is 2.29. The molecule has 1 N–H and O–H groups in total. The van der Waals surface area contributed by atoms with Crippen molar-refractivity contribution in [2.45, 2.75) is 23.8 Å². The summed E-state index contributed by atoms with van der Waals surface area (Å²) < 4.78 is 38.0. The van der Waals surface area contributed by atoms with Gasteiger partial charge in [-0.15, -0.1) is 0 Å². The van der Waals surface area contributed by atoms with Crippen molar-refractivity contribution in [3.05, 3.63) is 83.9 Å². The summed E-state index contributed by atoms with van der Waals surface area (Å²) in [5.41, 5.74) is 3.24. The maximum atomic E-state index is 13.4. The number of oxazole rings is 1. The lowest BCUT2D eigenvalue weighted by atomic mass is 10.1. The van der Waals surface area contributed by atoms with E-state index in [0.717, 1.165) is 16.7 Å². The zero-order valence-electron chi connectivity index (χ0n) is 17.4. The summed E-state index contributed by atoms with van der Waals surface area (Å²) in [6.45, 7) is 3.82. The van der Waals surface area contributed by atoms with Crippen molar-refractivity contribution in [1.82, 2.24) is 4.98 Å². The molecule has 0 aliphatic heterocycles. The standard InChI is InChI=1S/C24H22N2O4S/c1-16-11-13-20(14-12-16)31(27,28)24-23(25-18-8-6-9-19(15-18)29-3)30-22(26-24)21-10-5-4-7-17(21)2/h4-15,25H,1-3H3. The van der Waals surface area contributed by atoms with Gasteiger partial charge in [-0.25, -0.2) is 8.42 Å². The van der Waals surface area contributed by atoms with Crippen LogP contribution >= 0.6 is 0 Å². The van der Waals surface area contributed by atoms with Crippen LogP contribution in [0.15, 0.2) is 87.1 Å². The van der Waals surface area contributed by atoms with E-state index in [4.69, 9.17) is 9.15 Å². The summed E-state index contributed by atoms with van der Waals surface area (Å²) in [6.07, 6.45) is 0. The van der Waals surface area contributed by atoms with Crippen LogP contribution in [0.1, 0.15) is 11.1 Å². The Bertz CT molecular complexity index is 1330. The minimum Gasteiger partial charge on any atom is -0.497 e. The summed E-state index contributed by atoms with van der Waals surface area (Å²) in [5.74, 6) is 0.910. The third kappa shape index (κ3) is 4.18. The molecule has 4 aromatic rings. The van der Waals surface area contributed by atoms with E-state index in [1.165, 1.54) is 0 Å². The van der Waals surface area contributed by atoms with Crippen LogP contribution in [0.3, 0.4) is 0 Å². The number of nitrogens with one attached hydrogen (secondary N) is 1. The zero-order chi connectivity index (χ0) is 22.0. The first kappa shape index (κ1) is 20.7. The number of benzene rings is 3. The molecule has 0 saturated carbocycles. The van der Waals surface area contributed by atoms with Crippen LogP contribution in [0.5, 0.6) is 5.75 Å². The molecule has 0 fully saturated rings. The Hall–Kier alpha value is -3.58. The quantitative estimate of drug-likeness (QED) is 0.429. The lowest BCUT2D eigenvalue weighted by Gasteiger charge is -2.08. The number of aryl methyl sites for hydroxylation is 2. The summed E-state index contributed by atoms with van der Waals surface area (Å²) in [4.78, 5) is 4.55. The molecule has 0 bridgehead atoms. The lowest BCUT2D eigenvalue weighted by molar-refractivity contribution is 0.415. The van der Waals surface area contributed by atoms with Gasteiger partial charge < -0.3 is 14.5 Å². The highest BCUT2D eigenvalue weighted by atomic mass is 32.2. The summed E-state index contributed by atoms with van der Waals surface area (Å²) in [5, 5.41) is 2.89. The van der Waals surface area contributed by atoms with Crippen LogP contribution < -0.4 is 10.1 Å². The maximum absolute atomic E-state index is 13.4. The first-order valence-electron chi connectivity index (χ1n) is 9.68. The van der Waals surface area contributed by atoms with Gasteiger partial charge in [-0.1, -0.05) is 42.0 Å². The molecule has 1 heterocycles. The van der Waals surface area contributed by atoms with Gasteiger partial charge in [-0.2, -0.15) is 4.98 Å². The van der Waals surface area contributed by atoms with Gasteiger partial charge in [0.1, 0.15) is 5.75 Å². The largest absolute Gasteiger partial charge is 0.497 e. The monoisotopic (exact) mass is 434 g/mol. The number of rotatable bonds is 6. The Morgan fingerprint density at radius 2 is 1.68 bits per heavy atom. The molecule has 0 unspecified atom stereocenters. The predicted octanol–water partition coefficient (Wildman–Crippen LogP) is 5.54. The smallest absolute Gasteiger partial charge is 0.238 e. The molecule has 7 heteroatoms. The number of aromatic nitrogens is 1. The van der Waals surface area contributed by atoms with Crippen molar-refractivity contribution in [3.63, 3.8) is 0 Å². The normalized spacial score (nSPS) is 11.3. The average Bonchev–Trinajstić information content (AvgIpc) is 3.19. The minimum absolute atomic E-state index is 0.0482. The Morgan fingerprint density at radius 1 is 0.935 bits per heavy atom. The molecule has 31 heavy (non-hydrogen) atoms. The van der Waals surface area contributed by atoms with Crippen LogP contribution in [0.4, 0.5) is 11.6 Å². The van der Waals surface area contributed by atoms with E-state index in [1.54, 1.807) is 55.6 Å². The van der Waals surface area contributed by atoms with E-state index in [0.29, 0.717) is 11.4 Å². The molecule has 0 radical (unpaired) electrons. The fourth-order valence-corrected chi connectivity index (χ4v) is 4.41. The zero-order valence-corrected chi connectivity index (χ0v) is 18.2. The van der Waals surface area contributed by atoms with Crippen molar-refractivity contribution in [2.75, 3.05) is 12.4 Å². The summed E-state index contributed by atoms with van der Waals surface area (Å²) >= 11 is 0. The molecule has 4 rings (SSSR count). The van der Waals surface area contributed by atoms with Gasteiger partial charge in [0.05, 0.1) is 12.0 Å². The molecule has 6 nitrogen and oxygen atoms in total. The lowest BCUT2D eigenvalue weighted by Crippen LogP contribution is -2.05. The SMILES string of the molecule is COc1cccc(Nc2oc(-c3ccccc3C)nc2S(=O)(=O)c2ccc(C)cc2)c1. The number of hydrogen-bond donors (Lipinski definition) is 1. The van der Waals surface area contributed by atoms with Crippen molar-refractivity contribution in [2.24, 2.45) is 0 Å². The molecule has 0 atom stereocenters. The number of hydrogen-bond acceptors (Lipinski definition) is 6. The molecule has 0 amide bonds. The predicted molar refractivity (Wildman–Crippen MR) is 120 cm³/mol. The van der Waals surface area contributed by atoms with E-state index in [9.17, 15) is 8.42 Å². The van der Waals surface area contributed by atoms with Crippen LogP contribution in [0, 0.1) is 13.8 Å². The van der Waals surface area contributed by atoms with Crippen LogP contribution in [0.25, 0.3) is 11.5 Å². The van der Waals surface area contributed by atoms with Crippen molar-refractivity contribution in [1.29, 1.82) is 0 Å². The molecule has 158 valence electrons. The first-order chi connectivity index (χ1) is 14.9. The molecule has 1 aromatic heterocycles. The third-order valence-electron chi connectivity index (χ3n) is 4.88. The Balaban J connectivity index is 1.86. The van der Waals surface area contributed by atoms with Gasteiger partial charge in [-0.05, 0) is 49.7 Å². The second-order valence-corrected chi connectivity index (χ2v) is 9.01. The highest BCUT2D eigenvalue weighted by Crippen LogP contribution is 2.35. The molecule has 0 spiro atoms. The maximum Gasteiger partial charge on any atom is 0.238 e. The van der Waals surface area contributed by atoms with Gasteiger partial charge in [-0.3, -0.25) is 0 Å². The minimum atomic E-state index is -3.92. The van der Waals surface area contributed by atoms with E-state index >= 15 is 0 Å². The molecular weight excluding hydrogens is 412 g/mol. The second kappa shape index (κ2) is 8.28. The first-order valence-corrected chi connectivity index (χ1v) is 11.2. The number of methoxy groups -OCH3 is 1. The number of ether oxygens (including phenoxy) is 1. The van der Waals surface area contributed by atoms with Crippen molar-refractivity contribution >= 4 is 21.4 Å². The van der Waals surface area contributed by atoms with Gasteiger partial charge in [0.25, 0.3) is 0 Å². The summed E-state index contributed by atoms with van der Waals surface area (Å²) in [7, 11) is -2.35. The third-order valence-corrected chi connectivity index (χ3v) is 6.56. The molecular formula is C24H22N2O4S. The molecule has 0 aliphatic carbocycles. The molecule has 3 aromatic carbocycles. The van der Waals surface area contributed by atoms with E-state index in [-0.39, 0.29) is 21.7 Å². The Labute approximate surface area is 181 Å². The Morgan fingerprint density at radius 3 is 2.39 bits per heavy atom. The van der Waals surface area contributed by atoms with Gasteiger partial charge >= 0.3 is 0 Å². The fraction of sp³-hybridized carbons (Fsp3) is 0.125. The Kier molecular flexibility index (Phi) is 5.52. The number of sulfone groups is 1. The van der Waals surface area contributed by atoms with Crippen LogP contribution in [-0.2, 0) is 9.84 Å².